The Kier molecular flexibility index (Phi) is 5.20. The molecule has 0 heterocycles. The second-order valence-electron chi connectivity index (χ2n) is 5.35. The fourth-order valence-corrected chi connectivity index (χ4v) is 2.65. The topological polar surface area (TPSA) is 15.3 Å². The summed E-state index contributed by atoms with van der Waals surface area (Å²) in [7, 11) is 0. The van der Waals surface area contributed by atoms with Gasteiger partial charge in [-0.15, -0.1) is 0 Å². The predicted octanol–water partition coefficient (Wildman–Crippen LogP) is 3.56. The van der Waals surface area contributed by atoms with E-state index in [-0.39, 0.29) is 5.82 Å². The molecule has 0 amide bonds. The molecule has 0 aromatic heterocycles. The van der Waals surface area contributed by atoms with E-state index >= 15 is 0 Å². The van der Waals surface area contributed by atoms with Crippen molar-refractivity contribution in [2.24, 2.45) is 5.92 Å². The quantitative estimate of drug-likeness (QED) is 0.810. The van der Waals surface area contributed by atoms with Crippen LogP contribution < -0.4 is 10.2 Å². The Bertz CT molecular complexity index is 402. The van der Waals surface area contributed by atoms with E-state index in [2.05, 4.69) is 23.2 Å². The van der Waals surface area contributed by atoms with E-state index < -0.39 is 0 Å². The molecule has 1 aliphatic carbocycles. The highest BCUT2D eigenvalue weighted by molar-refractivity contribution is 5.54. The summed E-state index contributed by atoms with van der Waals surface area (Å²) in [4.78, 5) is 2.33. The normalized spacial score (nSPS) is 15.3. The maximum atomic E-state index is 14.0. The summed E-state index contributed by atoms with van der Waals surface area (Å²) in [6.07, 6.45) is 4.01. The summed E-state index contributed by atoms with van der Waals surface area (Å²) in [5, 5.41) is 3.24. The Morgan fingerprint density at radius 1 is 1.32 bits per heavy atom. The molecule has 3 heteroatoms. The predicted molar refractivity (Wildman–Crippen MR) is 79.0 cm³/mol. The van der Waals surface area contributed by atoms with Gasteiger partial charge in [0.05, 0.1) is 0 Å². The first-order chi connectivity index (χ1) is 9.26. The van der Waals surface area contributed by atoms with E-state index in [1.807, 2.05) is 13.0 Å². The van der Waals surface area contributed by atoms with Gasteiger partial charge in [-0.05, 0) is 44.4 Å². The Morgan fingerprint density at radius 3 is 2.68 bits per heavy atom. The van der Waals surface area contributed by atoms with E-state index in [0.717, 1.165) is 36.8 Å². The summed E-state index contributed by atoms with van der Waals surface area (Å²) in [5.74, 6) is 0.709. The van der Waals surface area contributed by atoms with Crippen molar-refractivity contribution >= 4 is 5.69 Å². The average molecular weight is 264 g/mol. The zero-order chi connectivity index (χ0) is 13.7. The molecule has 1 aromatic carbocycles. The van der Waals surface area contributed by atoms with Gasteiger partial charge in [0.25, 0.3) is 0 Å². The number of anilines is 1. The fraction of sp³-hybridized carbons (Fsp3) is 0.625. The number of hydrogen-bond donors (Lipinski definition) is 1. The maximum absolute atomic E-state index is 14.0. The highest BCUT2D eigenvalue weighted by Gasteiger charge is 2.22. The summed E-state index contributed by atoms with van der Waals surface area (Å²) >= 11 is 0. The van der Waals surface area contributed by atoms with Crippen LogP contribution in [0.1, 0.15) is 38.7 Å². The van der Waals surface area contributed by atoms with Gasteiger partial charge in [0, 0.05) is 30.9 Å². The first kappa shape index (κ1) is 14.3. The first-order valence-corrected chi connectivity index (χ1v) is 7.49. The van der Waals surface area contributed by atoms with Gasteiger partial charge in [0.1, 0.15) is 5.82 Å². The van der Waals surface area contributed by atoms with Crippen LogP contribution in [0.15, 0.2) is 18.2 Å². The minimum absolute atomic E-state index is 0.0921. The number of benzene rings is 1. The number of rotatable bonds is 7. The lowest BCUT2D eigenvalue weighted by Gasteiger charge is -2.34. The van der Waals surface area contributed by atoms with Crippen LogP contribution in [0.2, 0.25) is 0 Å². The standard InChI is InChI=1S/C16H25FN2/c1-3-18-11-14-15(17)9-6-10-16(14)19(4-2)12-13-7-5-8-13/h6,9-10,13,18H,3-5,7-8,11-12H2,1-2H3. The van der Waals surface area contributed by atoms with E-state index in [1.54, 1.807) is 6.07 Å². The highest BCUT2D eigenvalue weighted by Crippen LogP contribution is 2.30. The van der Waals surface area contributed by atoms with E-state index in [4.69, 9.17) is 0 Å². The zero-order valence-corrected chi connectivity index (χ0v) is 12.1. The van der Waals surface area contributed by atoms with Gasteiger partial charge < -0.3 is 10.2 Å². The minimum atomic E-state index is -0.0921. The van der Waals surface area contributed by atoms with Gasteiger partial charge in [-0.25, -0.2) is 4.39 Å². The van der Waals surface area contributed by atoms with Crippen molar-refractivity contribution in [3.63, 3.8) is 0 Å². The number of hydrogen-bond acceptors (Lipinski definition) is 2. The van der Waals surface area contributed by atoms with Crippen LogP contribution in [0.3, 0.4) is 0 Å². The van der Waals surface area contributed by atoms with Crippen molar-refractivity contribution in [2.75, 3.05) is 24.5 Å². The third kappa shape index (κ3) is 3.47. The van der Waals surface area contributed by atoms with Gasteiger partial charge in [0.2, 0.25) is 0 Å². The SMILES string of the molecule is CCNCc1c(F)cccc1N(CC)CC1CCC1. The van der Waals surface area contributed by atoms with Crippen molar-refractivity contribution in [1.82, 2.24) is 5.32 Å². The lowest BCUT2D eigenvalue weighted by Crippen LogP contribution is -2.33. The molecule has 0 radical (unpaired) electrons. The molecule has 0 atom stereocenters. The van der Waals surface area contributed by atoms with Crippen molar-refractivity contribution in [2.45, 2.75) is 39.7 Å². The fourth-order valence-electron chi connectivity index (χ4n) is 2.65. The molecular formula is C16H25FN2. The van der Waals surface area contributed by atoms with Crippen LogP contribution in [0.25, 0.3) is 0 Å². The van der Waals surface area contributed by atoms with Gasteiger partial charge in [-0.3, -0.25) is 0 Å². The Balaban J connectivity index is 2.16. The van der Waals surface area contributed by atoms with Gasteiger partial charge in [-0.1, -0.05) is 19.4 Å². The molecule has 0 unspecified atom stereocenters. The van der Waals surface area contributed by atoms with Crippen molar-refractivity contribution in [1.29, 1.82) is 0 Å². The molecule has 2 rings (SSSR count). The monoisotopic (exact) mass is 264 g/mol. The Morgan fingerprint density at radius 2 is 2.11 bits per heavy atom. The molecule has 0 saturated heterocycles. The van der Waals surface area contributed by atoms with Crippen LogP contribution in [-0.2, 0) is 6.54 Å². The lowest BCUT2D eigenvalue weighted by atomic mass is 9.85. The second-order valence-corrected chi connectivity index (χ2v) is 5.35. The maximum Gasteiger partial charge on any atom is 0.129 e. The molecule has 106 valence electrons. The summed E-state index contributed by atoms with van der Waals surface area (Å²) in [5.41, 5.74) is 1.88. The minimum Gasteiger partial charge on any atom is -0.371 e. The molecule has 1 fully saturated rings. The molecule has 0 spiro atoms. The van der Waals surface area contributed by atoms with Crippen molar-refractivity contribution in [3.8, 4) is 0 Å². The zero-order valence-electron chi connectivity index (χ0n) is 12.1. The number of nitrogens with one attached hydrogen (secondary N) is 1. The van der Waals surface area contributed by atoms with Gasteiger partial charge in [-0.2, -0.15) is 0 Å². The summed E-state index contributed by atoms with van der Waals surface area (Å²) in [6.45, 7) is 7.69. The van der Waals surface area contributed by atoms with Crippen LogP contribution in [-0.4, -0.2) is 19.6 Å². The third-order valence-electron chi connectivity index (χ3n) is 4.07. The first-order valence-electron chi connectivity index (χ1n) is 7.49. The van der Waals surface area contributed by atoms with Crippen LogP contribution in [0, 0.1) is 11.7 Å². The lowest BCUT2D eigenvalue weighted by molar-refractivity contribution is 0.318. The summed E-state index contributed by atoms with van der Waals surface area (Å²) in [6, 6.07) is 5.44. The number of nitrogens with zero attached hydrogens (tertiary/aromatic N) is 1. The average Bonchev–Trinajstić information content (AvgIpc) is 2.36. The van der Waals surface area contributed by atoms with Crippen molar-refractivity contribution in [3.05, 3.63) is 29.6 Å². The Hall–Kier alpha value is -1.09. The molecular weight excluding hydrogens is 239 g/mol. The van der Waals surface area contributed by atoms with Gasteiger partial charge >= 0.3 is 0 Å². The molecule has 0 aliphatic heterocycles. The largest absolute Gasteiger partial charge is 0.371 e. The van der Waals surface area contributed by atoms with Gasteiger partial charge in [0.15, 0.2) is 0 Å². The van der Waals surface area contributed by atoms with E-state index in [1.165, 1.54) is 19.3 Å². The van der Waals surface area contributed by atoms with Crippen molar-refractivity contribution < 1.29 is 4.39 Å². The van der Waals surface area contributed by atoms with E-state index in [9.17, 15) is 4.39 Å². The smallest absolute Gasteiger partial charge is 0.129 e. The summed E-state index contributed by atoms with van der Waals surface area (Å²) < 4.78 is 14.0. The van der Waals surface area contributed by atoms with Crippen LogP contribution >= 0.6 is 0 Å². The number of halogens is 1. The Labute approximate surface area is 116 Å². The molecule has 1 N–H and O–H groups in total. The molecule has 19 heavy (non-hydrogen) atoms. The highest BCUT2D eigenvalue weighted by atomic mass is 19.1. The third-order valence-corrected chi connectivity index (χ3v) is 4.07. The van der Waals surface area contributed by atoms with Crippen LogP contribution in [0.4, 0.5) is 10.1 Å². The van der Waals surface area contributed by atoms with Crippen LogP contribution in [0.5, 0.6) is 0 Å². The second kappa shape index (κ2) is 6.90. The molecule has 2 nitrogen and oxygen atoms in total. The molecule has 0 bridgehead atoms. The molecule has 1 aliphatic rings. The van der Waals surface area contributed by atoms with E-state index in [0.29, 0.717) is 6.54 Å². The molecule has 1 saturated carbocycles. The molecule has 1 aromatic rings.